The maximum atomic E-state index is 10.8. The van der Waals surface area contributed by atoms with Crippen LogP contribution < -0.4 is 11.5 Å². The zero-order valence-corrected chi connectivity index (χ0v) is 7.40. The minimum Gasteiger partial charge on any atom is -0.396 e. The lowest BCUT2D eigenvalue weighted by Crippen LogP contribution is -2.14. The van der Waals surface area contributed by atoms with Crippen LogP contribution in [0.4, 0.5) is 5.69 Å². The number of hydrogen-bond donors (Lipinski definition) is 2. The van der Waals surface area contributed by atoms with E-state index in [1.165, 1.54) is 0 Å². The topological polar surface area (TPSA) is 86.9 Å². The molecule has 1 amide bonds. The molecule has 0 aliphatic heterocycles. The zero-order valence-electron chi connectivity index (χ0n) is 7.40. The largest absolute Gasteiger partial charge is 0.396 e. The number of allylic oxidation sites excluding steroid dienone is 2. The number of hydrogen-bond acceptors (Lipinski definition) is 3. The van der Waals surface area contributed by atoms with Gasteiger partial charge in [-0.15, -0.1) is 0 Å². The Hall–Kier alpha value is -1.78. The number of nitrogens with two attached hydrogens (primary N) is 2. The van der Waals surface area contributed by atoms with E-state index in [4.69, 9.17) is 11.5 Å². The van der Waals surface area contributed by atoms with E-state index in [9.17, 15) is 4.79 Å². The summed E-state index contributed by atoms with van der Waals surface area (Å²) in [5.41, 5.74) is 11.0. The van der Waals surface area contributed by atoms with Crippen molar-refractivity contribution in [3.05, 3.63) is 24.0 Å². The van der Waals surface area contributed by atoms with E-state index in [0.717, 1.165) is 0 Å². The first kappa shape index (κ1) is 9.31. The molecule has 0 radical (unpaired) electrons. The predicted octanol–water partition coefficient (Wildman–Crippen LogP) is 0.140. The van der Waals surface area contributed by atoms with Gasteiger partial charge in [-0.2, -0.15) is 5.10 Å². The normalized spacial score (nSPS) is 10.8. The first-order chi connectivity index (χ1) is 6.15. The van der Waals surface area contributed by atoms with Crippen molar-refractivity contribution in [2.45, 2.75) is 13.5 Å². The molecule has 0 bridgehead atoms. The molecule has 4 N–H and O–H groups in total. The lowest BCUT2D eigenvalue weighted by atomic mass is 10.4. The Kier molecular flexibility index (Phi) is 2.69. The first-order valence-electron chi connectivity index (χ1n) is 3.89. The average molecular weight is 180 g/mol. The molecule has 13 heavy (non-hydrogen) atoms. The van der Waals surface area contributed by atoms with E-state index in [1.54, 1.807) is 10.9 Å². The van der Waals surface area contributed by atoms with Gasteiger partial charge < -0.3 is 11.5 Å². The van der Waals surface area contributed by atoms with E-state index in [2.05, 4.69) is 5.10 Å². The van der Waals surface area contributed by atoms with Gasteiger partial charge in [0.1, 0.15) is 0 Å². The summed E-state index contributed by atoms with van der Waals surface area (Å²) in [7, 11) is 0. The Labute approximate surface area is 76.0 Å². The molecule has 70 valence electrons. The highest BCUT2D eigenvalue weighted by Gasteiger charge is 2.09. The molecule has 0 aliphatic carbocycles. The van der Waals surface area contributed by atoms with Crippen molar-refractivity contribution in [1.29, 1.82) is 0 Å². The molecule has 0 atom stereocenters. The summed E-state index contributed by atoms with van der Waals surface area (Å²) in [6.45, 7) is 2.50. The van der Waals surface area contributed by atoms with Gasteiger partial charge in [0.2, 0.25) is 0 Å². The van der Waals surface area contributed by atoms with Crippen LogP contribution in [0.15, 0.2) is 18.3 Å². The molecule has 0 aromatic carbocycles. The molecule has 0 unspecified atom stereocenters. The van der Waals surface area contributed by atoms with Crippen molar-refractivity contribution in [1.82, 2.24) is 9.78 Å². The van der Waals surface area contributed by atoms with Gasteiger partial charge in [-0.1, -0.05) is 12.2 Å². The van der Waals surface area contributed by atoms with Gasteiger partial charge in [0.25, 0.3) is 5.91 Å². The molecule has 1 aromatic rings. The minimum atomic E-state index is -0.600. The highest BCUT2D eigenvalue weighted by molar-refractivity contribution is 5.95. The number of nitrogen functional groups attached to an aromatic ring is 1. The highest BCUT2D eigenvalue weighted by atomic mass is 16.1. The molecule has 1 rings (SSSR count). The fourth-order valence-electron chi connectivity index (χ4n) is 0.935. The number of aromatic nitrogens is 2. The maximum absolute atomic E-state index is 10.8. The van der Waals surface area contributed by atoms with Gasteiger partial charge in [0, 0.05) is 6.20 Å². The van der Waals surface area contributed by atoms with Crippen LogP contribution in [-0.4, -0.2) is 15.7 Å². The van der Waals surface area contributed by atoms with E-state index >= 15 is 0 Å². The zero-order chi connectivity index (χ0) is 9.84. The lowest BCUT2D eigenvalue weighted by molar-refractivity contribution is 0.0995. The maximum Gasteiger partial charge on any atom is 0.271 e. The standard InChI is InChI=1S/C8H12N4O/c1-2-3-4-12-5-6(9)7(11-12)8(10)13/h2-3,5H,4,9H2,1H3,(H2,10,13)/b3-2+. The average Bonchev–Trinajstić information content (AvgIpc) is 2.43. The summed E-state index contributed by atoms with van der Waals surface area (Å²) in [6, 6.07) is 0. The monoisotopic (exact) mass is 180 g/mol. The third-order valence-corrected chi connectivity index (χ3v) is 1.55. The van der Waals surface area contributed by atoms with Gasteiger partial charge in [0.05, 0.1) is 12.2 Å². The summed E-state index contributed by atoms with van der Waals surface area (Å²) in [5, 5.41) is 3.91. The van der Waals surface area contributed by atoms with E-state index in [0.29, 0.717) is 12.2 Å². The summed E-state index contributed by atoms with van der Waals surface area (Å²) in [5.74, 6) is -0.600. The molecule has 0 saturated heterocycles. The summed E-state index contributed by atoms with van der Waals surface area (Å²) < 4.78 is 1.56. The van der Waals surface area contributed by atoms with Crippen LogP contribution in [0, 0.1) is 0 Å². The Balaban J connectivity index is 2.88. The van der Waals surface area contributed by atoms with Crippen molar-refractivity contribution in [3.8, 4) is 0 Å². The number of anilines is 1. The van der Waals surface area contributed by atoms with Crippen LogP contribution in [0.2, 0.25) is 0 Å². The smallest absolute Gasteiger partial charge is 0.271 e. The molecular formula is C8H12N4O. The molecule has 0 fully saturated rings. The molecular weight excluding hydrogens is 168 g/mol. The summed E-state index contributed by atoms with van der Waals surface area (Å²) >= 11 is 0. The third kappa shape index (κ3) is 2.08. The number of amides is 1. The van der Waals surface area contributed by atoms with Gasteiger partial charge >= 0.3 is 0 Å². The minimum absolute atomic E-state index is 0.129. The number of carbonyl (C=O) groups excluding carboxylic acids is 1. The molecule has 5 heteroatoms. The Morgan fingerprint density at radius 3 is 2.92 bits per heavy atom. The van der Waals surface area contributed by atoms with Crippen LogP contribution in [0.1, 0.15) is 17.4 Å². The summed E-state index contributed by atoms with van der Waals surface area (Å²) in [4.78, 5) is 10.8. The Morgan fingerprint density at radius 1 is 1.77 bits per heavy atom. The molecule has 0 aliphatic rings. The van der Waals surface area contributed by atoms with Gasteiger partial charge in [0.15, 0.2) is 5.69 Å². The summed E-state index contributed by atoms with van der Waals surface area (Å²) in [6.07, 6.45) is 5.37. The molecule has 1 heterocycles. The van der Waals surface area contributed by atoms with E-state index in [-0.39, 0.29) is 5.69 Å². The predicted molar refractivity (Wildman–Crippen MR) is 50.0 cm³/mol. The van der Waals surface area contributed by atoms with Gasteiger partial charge in [-0.3, -0.25) is 9.48 Å². The van der Waals surface area contributed by atoms with Gasteiger partial charge in [-0.25, -0.2) is 0 Å². The highest BCUT2D eigenvalue weighted by Crippen LogP contribution is 2.07. The van der Waals surface area contributed by atoms with Crippen molar-refractivity contribution in [3.63, 3.8) is 0 Å². The second-order valence-corrected chi connectivity index (χ2v) is 2.59. The Bertz CT molecular complexity index is 340. The lowest BCUT2D eigenvalue weighted by Gasteiger charge is -1.92. The second kappa shape index (κ2) is 3.75. The van der Waals surface area contributed by atoms with Gasteiger partial charge in [-0.05, 0) is 6.92 Å². The van der Waals surface area contributed by atoms with Crippen LogP contribution in [0.3, 0.4) is 0 Å². The van der Waals surface area contributed by atoms with Crippen LogP contribution >= 0.6 is 0 Å². The first-order valence-corrected chi connectivity index (χ1v) is 3.89. The van der Waals surface area contributed by atoms with Crippen molar-refractivity contribution < 1.29 is 4.79 Å². The van der Waals surface area contributed by atoms with Crippen molar-refractivity contribution >= 4 is 11.6 Å². The van der Waals surface area contributed by atoms with Crippen LogP contribution in [0.25, 0.3) is 0 Å². The number of rotatable bonds is 3. The van der Waals surface area contributed by atoms with Crippen molar-refractivity contribution in [2.75, 3.05) is 5.73 Å². The number of primary amides is 1. The third-order valence-electron chi connectivity index (χ3n) is 1.55. The van der Waals surface area contributed by atoms with E-state index < -0.39 is 5.91 Å². The fourth-order valence-corrected chi connectivity index (χ4v) is 0.935. The Morgan fingerprint density at radius 2 is 2.46 bits per heavy atom. The molecule has 5 nitrogen and oxygen atoms in total. The number of nitrogens with zero attached hydrogens (tertiary/aromatic N) is 2. The molecule has 1 aromatic heterocycles. The SMILES string of the molecule is C/C=C/Cn1cc(N)c(C(N)=O)n1. The van der Waals surface area contributed by atoms with E-state index in [1.807, 2.05) is 19.1 Å². The van der Waals surface area contributed by atoms with Crippen LogP contribution in [-0.2, 0) is 6.54 Å². The second-order valence-electron chi connectivity index (χ2n) is 2.59. The van der Waals surface area contributed by atoms with Crippen molar-refractivity contribution in [2.24, 2.45) is 5.73 Å². The number of carbonyl (C=O) groups is 1. The molecule has 0 saturated carbocycles. The molecule has 0 spiro atoms. The fraction of sp³-hybridized carbons (Fsp3) is 0.250. The van der Waals surface area contributed by atoms with Crippen LogP contribution in [0.5, 0.6) is 0 Å². The quantitative estimate of drug-likeness (QED) is 0.648.